The van der Waals surface area contributed by atoms with Crippen LogP contribution in [0.5, 0.6) is 0 Å². The van der Waals surface area contributed by atoms with Crippen molar-refractivity contribution in [3.63, 3.8) is 0 Å². The fourth-order valence-electron chi connectivity index (χ4n) is 1.93. The third kappa shape index (κ3) is 1.46. The van der Waals surface area contributed by atoms with E-state index in [1.165, 1.54) is 5.56 Å². The zero-order valence-electron chi connectivity index (χ0n) is 7.68. The molecule has 0 fully saturated rings. The zero-order valence-corrected chi connectivity index (χ0v) is 7.68. The van der Waals surface area contributed by atoms with Crippen LogP contribution in [0.15, 0.2) is 12.1 Å². The van der Waals surface area contributed by atoms with Crippen molar-refractivity contribution in [2.75, 3.05) is 0 Å². The number of halogens is 1. The van der Waals surface area contributed by atoms with Gasteiger partial charge in [0.2, 0.25) is 0 Å². The molecule has 2 heteroatoms. The van der Waals surface area contributed by atoms with Crippen molar-refractivity contribution < 1.29 is 9.50 Å². The van der Waals surface area contributed by atoms with Gasteiger partial charge in [-0.25, -0.2) is 4.39 Å². The van der Waals surface area contributed by atoms with Crippen LogP contribution in [0.4, 0.5) is 4.39 Å². The first-order chi connectivity index (χ1) is 6.18. The summed E-state index contributed by atoms with van der Waals surface area (Å²) in [5.41, 5.74) is 2.75. The Hall–Kier alpha value is -0.890. The number of hydrogen-bond acceptors (Lipinski definition) is 1. The van der Waals surface area contributed by atoms with Crippen LogP contribution in [-0.4, -0.2) is 5.11 Å². The third-order valence-electron chi connectivity index (χ3n) is 2.66. The molecule has 1 nitrogen and oxygen atoms in total. The standard InChI is InChI=1S/C11H13FO/c1-7(13)10-5-8-3-2-4-9(8)6-11(10)12/h5-7,13H,2-4H2,1H3. The van der Waals surface area contributed by atoms with Crippen LogP contribution in [-0.2, 0) is 12.8 Å². The molecule has 13 heavy (non-hydrogen) atoms. The molecule has 0 saturated carbocycles. The second-order valence-corrected chi connectivity index (χ2v) is 3.67. The second-order valence-electron chi connectivity index (χ2n) is 3.67. The predicted molar refractivity (Wildman–Crippen MR) is 49.1 cm³/mol. The van der Waals surface area contributed by atoms with E-state index in [0.29, 0.717) is 5.56 Å². The van der Waals surface area contributed by atoms with E-state index in [1.54, 1.807) is 13.0 Å². The van der Waals surface area contributed by atoms with Crippen LogP contribution in [0.1, 0.15) is 36.1 Å². The minimum absolute atomic E-state index is 0.268. The first-order valence-corrected chi connectivity index (χ1v) is 4.68. The van der Waals surface area contributed by atoms with E-state index in [2.05, 4.69) is 0 Å². The van der Waals surface area contributed by atoms with E-state index < -0.39 is 6.10 Å². The molecule has 1 unspecified atom stereocenters. The van der Waals surface area contributed by atoms with Gasteiger partial charge in [0.25, 0.3) is 0 Å². The van der Waals surface area contributed by atoms with Gasteiger partial charge in [-0.3, -0.25) is 0 Å². The van der Waals surface area contributed by atoms with Crippen molar-refractivity contribution in [2.24, 2.45) is 0 Å². The van der Waals surface area contributed by atoms with Gasteiger partial charge in [0.1, 0.15) is 5.82 Å². The molecule has 70 valence electrons. The summed E-state index contributed by atoms with van der Waals surface area (Å²) in [7, 11) is 0. The van der Waals surface area contributed by atoms with Crippen molar-refractivity contribution in [3.8, 4) is 0 Å². The zero-order chi connectivity index (χ0) is 9.42. The van der Waals surface area contributed by atoms with Gasteiger partial charge in [-0.15, -0.1) is 0 Å². The minimum Gasteiger partial charge on any atom is -0.389 e. The fraction of sp³-hybridized carbons (Fsp3) is 0.455. The topological polar surface area (TPSA) is 20.2 Å². The molecule has 0 aliphatic heterocycles. The molecule has 0 heterocycles. The van der Waals surface area contributed by atoms with Crippen molar-refractivity contribution >= 4 is 0 Å². The second kappa shape index (κ2) is 3.11. The monoisotopic (exact) mass is 180 g/mol. The minimum atomic E-state index is -0.703. The van der Waals surface area contributed by atoms with Crippen LogP contribution >= 0.6 is 0 Å². The van der Waals surface area contributed by atoms with Gasteiger partial charge >= 0.3 is 0 Å². The lowest BCUT2D eigenvalue weighted by Crippen LogP contribution is -1.98. The van der Waals surface area contributed by atoms with Gasteiger partial charge in [-0.2, -0.15) is 0 Å². The average molecular weight is 180 g/mol. The largest absolute Gasteiger partial charge is 0.389 e. The Balaban J connectivity index is 2.49. The number of fused-ring (bicyclic) bond motifs is 1. The Kier molecular flexibility index (Phi) is 2.08. The van der Waals surface area contributed by atoms with Crippen molar-refractivity contribution in [3.05, 3.63) is 34.6 Å². The maximum absolute atomic E-state index is 13.3. The summed E-state index contributed by atoms with van der Waals surface area (Å²) < 4.78 is 13.3. The molecule has 0 saturated heterocycles. The van der Waals surface area contributed by atoms with Crippen molar-refractivity contribution in [1.82, 2.24) is 0 Å². The molecule has 1 N–H and O–H groups in total. The van der Waals surface area contributed by atoms with Gasteiger partial charge in [-0.1, -0.05) is 6.07 Å². The number of aryl methyl sites for hydroxylation is 2. The van der Waals surface area contributed by atoms with Crippen LogP contribution in [0, 0.1) is 5.82 Å². The quantitative estimate of drug-likeness (QED) is 0.703. The maximum Gasteiger partial charge on any atom is 0.129 e. The maximum atomic E-state index is 13.3. The van der Waals surface area contributed by atoms with Crippen LogP contribution < -0.4 is 0 Å². The molecule has 2 rings (SSSR count). The Morgan fingerprint density at radius 3 is 2.54 bits per heavy atom. The van der Waals surface area contributed by atoms with Crippen LogP contribution in [0.2, 0.25) is 0 Å². The fourth-order valence-corrected chi connectivity index (χ4v) is 1.93. The van der Waals surface area contributed by atoms with Gasteiger partial charge in [0.15, 0.2) is 0 Å². The van der Waals surface area contributed by atoms with E-state index in [-0.39, 0.29) is 5.82 Å². The number of benzene rings is 1. The summed E-state index contributed by atoms with van der Waals surface area (Å²) in [6.45, 7) is 1.60. The summed E-state index contributed by atoms with van der Waals surface area (Å²) in [4.78, 5) is 0. The molecule has 1 atom stereocenters. The van der Waals surface area contributed by atoms with Gasteiger partial charge in [-0.05, 0) is 43.4 Å². The van der Waals surface area contributed by atoms with Gasteiger partial charge in [0.05, 0.1) is 6.10 Å². The van der Waals surface area contributed by atoms with E-state index in [4.69, 9.17) is 0 Å². The smallest absolute Gasteiger partial charge is 0.129 e. The highest BCUT2D eigenvalue weighted by atomic mass is 19.1. The summed E-state index contributed by atoms with van der Waals surface area (Å²) in [5.74, 6) is -0.268. The first kappa shape index (κ1) is 8.70. The van der Waals surface area contributed by atoms with E-state index in [9.17, 15) is 9.50 Å². The number of rotatable bonds is 1. The molecule has 0 spiro atoms. The molecule has 0 bridgehead atoms. The Labute approximate surface area is 77.2 Å². The molecule has 0 radical (unpaired) electrons. The SMILES string of the molecule is CC(O)c1cc2c(cc1F)CCC2. The molecule has 1 aromatic rings. The summed E-state index contributed by atoms with van der Waals surface area (Å²) in [5, 5.41) is 9.30. The summed E-state index contributed by atoms with van der Waals surface area (Å²) >= 11 is 0. The highest BCUT2D eigenvalue weighted by Gasteiger charge is 2.16. The lowest BCUT2D eigenvalue weighted by atomic mass is 10.0. The Bertz CT molecular complexity index is 331. The lowest BCUT2D eigenvalue weighted by Gasteiger charge is -2.08. The summed E-state index contributed by atoms with van der Waals surface area (Å²) in [6, 6.07) is 3.38. The number of aliphatic hydroxyl groups excluding tert-OH is 1. The van der Waals surface area contributed by atoms with Crippen molar-refractivity contribution in [2.45, 2.75) is 32.3 Å². The van der Waals surface area contributed by atoms with Crippen LogP contribution in [0.25, 0.3) is 0 Å². The number of hydrogen-bond donors (Lipinski definition) is 1. The highest BCUT2D eigenvalue weighted by molar-refractivity contribution is 5.37. The van der Waals surface area contributed by atoms with E-state index in [0.717, 1.165) is 24.8 Å². The molecule has 1 aromatic carbocycles. The van der Waals surface area contributed by atoms with Gasteiger partial charge in [0, 0.05) is 5.56 Å². The molecule has 1 aliphatic carbocycles. The van der Waals surface area contributed by atoms with E-state index >= 15 is 0 Å². The van der Waals surface area contributed by atoms with Gasteiger partial charge < -0.3 is 5.11 Å². The van der Waals surface area contributed by atoms with Crippen LogP contribution in [0.3, 0.4) is 0 Å². The summed E-state index contributed by atoms with van der Waals surface area (Å²) in [6.07, 6.45) is 2.41. The molecular weight excluding hydrogens is 167 g/mol. The molecule has 0 aromatic heterocycles. The average Bonchev–Trinajstić information content (AvgIpc) is 2.48. The Morgan fingerprint density at radius 2 is 1.92 bits per heavy atom. The molecule has 1 aliphatic rings. The number of aliphatic hydroxyl groups is 1. The van der Waals surface area contributed by atoms with E-state index in [1.807, 2.05) is 6.07 Å². The van der Waals surface area contributed by atoms with Crippen molar-refractivity contribution in [1.29, 1.82) is 0 Å². The first-order valence-electron chi connectivity index (χ1n) is 4.68. The normalized spacial score (nSPS) is 17.2. The highest BCUT2D eigenvalue weighted by Crippen LogP contribution is 2.27. The Morgan fingerprint density at radius 1 is 1.31 bits per heavy atom. The molecule has 0 amide bonds. The predicted octanol–water partition coefficient (Wildman–Crippen LogP) is 2.37. The third-order valence-corrected chi connectivity index (χ3v) is 2.66. The molecular formula is C11H13FO. The lowest BCUT2D eigenvalue weighted by molar-refractivity contribution is 0.194.